The molecule has 196 valence electrons. The molecule has 0 bridgehead atoms. The number of anilines is 1. The highest BCUT2D eigenvalue weighted by molar-refractivity contribution is 7.92. The lowest BCUT2D eigenvalue weighted by molar-refractivity contribution is -0.140. The summed E-state index contributed by atoms with van der Waals surface area (Å²) in [6.07, 6.45) is 5.50. The van der Waals surface area contributed by atoms with Crippen LogP contribution in [-0.4, -0.2) is 56.6 Å². The molecule has 0 unspecified atom stereocenters. The normalized spacial score (nSPS) is 14.8. The van der Waals surface area contributed by atoms with Crippen molar-refractivity contribution in [2.45, 2.75) is 64.6 Å². The minimum Gasteiger partial charge on any atom is -0.492 e. The SMILES string of the molecule is CCOc1ccccc1N(CC(=O)N(Cc1ccccc1)[C@H](CC)C(=O)NC1CCCC1)S(C)(=O)=O. The first-order valence-corrected chi connectivity index (χ1v) is 14.4. The van der Waals surface area contributed by atoms with Crippen molar-refractivity contribution < 1.29 is 22.7 Å². The molecule has 1 fully saturated rings. The van der Waals surface area contributed by atoms with Crippen LogP contribution in [0.3, 0.4) is 0 Å². The number of amides is 2. The third kappa shape index (κ3) is 7.22. The van der Waals surface area contributed by atoms with Crippen LogP contribution in [-0.2, 0) is 26.2 Å². The monoisotopic (exact) mass is 515 g/mol. The van der Waals surface area contributed by atoms with E-state index in [4.69, 9.17) is 4.74 Å². The van der Waals surface area contributed by atoms with E-state index in [-0.39, 0.29) is 18.5 Å². The summed E-state index contributed by atoms with van der Waals surface area (Å²) in [6.45, 7) is 3.78. The van der Waals surface area contributed by atoms with Gasteiger partial charge in [-0.05, 0) is 43.9 Å². The lowest BCUT2D eigenvalue weighted by Crippen LogP contribution is -2.53. The molecule has 9 heteroatoms. The number of nitrogens with zero attached hydrogens (tertiary/aromatic N) is 2. The van der Waals surface area contributed by atoms with Gasteiger partial charge in [-0.1, -0.05) is 62.2 Å². The highest BCUT2D eigenvalue weighted by Gasteiger charge is 2.33. The molecule has 1 aliphatic rings. The van der Waals surface area contributed by atoms with Gasteiger partial charge in [-0.15, -0.1) is 0 Å². The molecule has 1 N–H and O–H groups in total. The summed E-state index contributed by atoms with van der Waals surface area (Å²) in [7, 11) is -3.83. The number of hydrogen-bond acceptors (Lipinski definition) is 5. The quantitative estimate of drug-likeness (QED) is 0.465. The summed E-state index contributed by atoms with van der Waals surface area (Å²) in [4.78, 5) is 28.6. The highest BCUT2D eigenvalue weighted by Crippen LogP contribution is 2.30. The third-order valence-corrected chi connectivity index (χ3v) is 7.52. The minimum absolute atomic E-state index is 0.116. The van der Waals surface area contributed by atoms with E-state index in [1.54, 1.807) is 24.3 Å². The van der Waals surface area contributed by atoms with E-state index >= 15 is 0 Å². The van der Waals surface area contributed by atoms with Crippen LogP contribution in [0, 0.1) is 0 Å². The standard InChI is InChI=1S/C27H37N3O5S/c1-4-23(27(32)28-22-15-9-10-16-22)29(19-21-13-7-6-8-14-21)26(31)20-30(36(3,33)34)24-17-11-12-18-25(24)35-5-2/h6-8,11-14,17-18,22-23H,4-5,9-10,15-16,19-20H2,1-3H3,(H,28,32)/t23-/m1/s1. The van der Waals surface area contributed by atoms with Gasteiger partial charge in [0.2, 0.25) is 21.8 Å². The Bertz CT molecular complexity index is 1120. The summed E-state index contributed by atoms with van der Waals surface area (Å²) in [6, 6.07) is 15.5. The van der Waals surface area contributed by atoms with E-state index in [0.29, 0.717) is 24.5 Å². The largest absolute Gasteiger partial charge is 0.492 e. The number of carbonyl (C=O) groups excluding carboxylic acids is 2. The Morgan fingerprint density at radius 1 is 1.03 bits per heavy atom. The maximum atomic E-state index is 13.8. The molecule has 0 aliphatic heterocycles. The first-order valence-electron chi connectivity index (χ1n) is 12.6. The number of sulfonamides is 1. The van der Waals surface area contributed by atoms with Gasteiger partial charge < -0.3 is 15.0 Å². The number of ether oxygens (including phenoxy) is 1. The van der Waals surface area contributed by atoms with Gasteiger partial charge in [-0.25, -0.2) is 8.42 Å². The zero-order chi connectivity index (χ0) is 26.1. The van der Waals surface area contributed by atoms with Crippen LogP contribution >= 0.6 is 0 Å². The molecular weight excluding hydrogens is 478 g/mol. The van der Waals surface area contributed by atoms with Gasteiger partial charge in [-0.3, -0.25) is 13.9 Å². The summed E-state index contributed by atoms with van der Waals surface area (Å²) in [5, 5.41) is 3.11. The molecule has 2 aromatic rings. The smallest absolute Gasteiger partial charge is 0.244 e. The number of hydrogen-bond donors (Lipinski definition) is 1. The molecule has 3 rings (SSSR count). The van der Waals surface area contributed by atoms with Gasteiger partial charge in [0.15, 0.2) is 0 Å². The Morgan fingerprint density at radius 3 is 2.28 bits per heavy atom. The van der Waals surface area contributed by atoms with Crippen LogP contribution in [0.1, 0.15) is 51.5 Å². The van der Waals surface area contributed by atoms with E-state index in [1.165, 1.54) is 4.90 Å². The van der Waals surface area contributed by atoms with E-state index in [0.717, 1.165) is 41.8 Å². The van der Waals surface area contributed by atoms with Crippen LogP contribution in [0.25, 0.3) is 0 Å². The molecule has 0 heterocycles. The second kappa shape index (κ2) is 12.8. The van der Waals surface area contributed by atoms with Crippen LogP contribution in [0.4, 0.5) is 5.69 Å². The maximum absolute atomic E-state index is 13.8. The first-order chi connectivity index (χ1) is 17.2. The molecule has 1 aliphatic carbocycles. The highest BCUT2D eigenvalue weighted by atomic mass is 32.2. The molecule has 0 aromatic heterocycles. The van der Waals surface area contributed by atoms with Gasteiger partial charge in [0.25, 0.3) is 0 Å². The summed E-state index contributed by atoms with van der Waals surface area (Å²) in [5.41, 5.74) is 1.15. The van der Waals surface area contributed by atoms with Crippen molar-refractivity contribution in [2.24, 2.45) is 0 Å². The number of nitrogens with one attached hydrogen (secondary N) is 1. The molecule has 36 heavy (non-hydrogen) atoms. The van der Waals surface area contributed by atoms with Gasteiger partial charge >= 0.3 is 0 Å². The molecule has 1 atom stereocenters. The van der Waals surface area contributed by atoms with E-state index in [1.807, 2.05) is 44.2 Å². The zero-order valence-electron chi connectivity index (χ0n) is 21.4. The maximum Gasteiger partial charge on any atom is 0.244 e. The van der Waals surface area contributed by atoms with Crippen molar-refractivity contribution in [2.75, 3.05) is 23.7 Å². The predicted octanol–water partition coefficient (Wildman–Crippen LogP) is 3.72. The minimum atomic E-state index is -3.83. The lowest BCUT2D eigenvalue weighted by atomic mass is 10.1. The Kier molecular flexibility index (Phi) is 9.75. The summed E-state index contributed by atoms with van der Waals surface area (Å²) < 4.78 is 32.3. The fourth-order valence-electron chi connectivity index (χ4n) is 4.60. The third-order valence-electron chi connectivity index (χ3n) is 6.40. The Labute approximate surface area is 214 Å². The fraction of sp³-hybridized carbons (Fsp3) is 0.481. The molecule has 0 saturated heterocycles. The Balaban J connectivity index is 1.93. The number of rotatable bonds is 12. The van der Waals surface area contributed by atoms with Gasteiger partial charge in [0.05, 0.1) is 18.6 Å². The van der Waals surface area contributed by atoms with E-state index < -0.39 is 28.5 Å². The predicted molar refractivity (Wildman–Crippen MR) is 141 cm³/mol. The summed E-state index contributed by atoms with van der Waals surface area (Å²) >= 11 is 0. The summed E-state index contributed by atoms with van der Waals surface area (Å²) in [5.74, 6) is -0.280. The van der Waals surface area contributed by atoms with Gasteiger partial charge in [0.1, 0.15) is 18.3 Å². The van der Waals surface area contributed by atoms with Crippen LogP contribution in [0.2, 0.25) is 0 Å². The first kappa shape index (κ1) is 27.5. The lowest BCUT2D eigenvalue weighted by Gasteiger charge is -2.33. The van der Waals surface area contributed by atoms with Gasteiger partial charge in [-0.2, -0.15) is 0 Å². The molecule has 2 aromatic carbocycles. The van der Waals surface area contributed by atoms with Crippen molar-refractivity contribution in [3.63, 3.8) is 0 Å². The number of carbonyl (C=O) groups is 2. The van der Waals surface area contributed by atoms with E-state index in [2.05, 4.69) is 5.32 Å². The molecular formula is C27H37N3O5S. The van der Waals surface area contributed by atoms with Crippen LogP contribution < -0.4 is 14.4 Å². The number of para-hydroxylation sites is 2. The topological polar surface area (TPSA) is 96.0 Å². The van der Waals surface area contributed by atoms with Crippen LogP contribution in [0.5, 0.6) is 5.75 Å². The Morgan fingerprint density at radius 2 is 1.67 bits per heavy atom. The van der Waals surface area contributed by atoms with Crippen molar-refractivity contribution in [1.29, 1.82) is 0 Å². The van der Waals surface area contributed by atoms with E-state index in [9.17, 15) is 18.0 Å². The van der Waals surface area contributed by atoms with Crippen molar-refractivity contribution in [3.05, 3.63) is 60.2 Å². The second-order valence-corrected chi connectivity index (χ2v) is 11.0. The average molecular weight is 516 g/mol. The van der Waals surface area contributed by atoms with Crippen molar-refractivity contribution in [1.82, 2.24) is 10.2 Å². The molecule has 0 spiro atoms. The second-order valence-electron chi connectivity index (χ2n) is 9.09. The molecule has 8 nitrogen and oxygen atoms in total. The molecule has 0 radical (unpaired) electrons. The Hall–Kier alpha value is -3.07. The van der Waals surface area contributed by atoms with Gasteiger partial charge in [0, 0.05) is 12.6 Å². The van der Waals surface area contributed by atoms with Crippen LogP contribution in [0.15, 0.2) is 54.6 Å². The zero-order valence-corrected chi connectivity index (χ0v) is 22.2. The molecule has 1 saturated carbocycles. The molecule has 2 amide bonds. The fourth-order valence-corrected chi connectivity index (χ4v) is 5.46. The number of benzene rings is 2. The van der Waals surface area contributed by atoms with Crippen molar-refractivity contribution >= 4 is 27.5 Å². The van der Waals surface area contributed by atoms with Crippen molar-refractivity contribution in [3.8, 4) is 5.75 Å². The average Bonchev–Trinajstić information content (AvgIpc) is 3.36.